The van der Waals surface area contributed by atoms with Gasteiger partial charge in [-0.15, -0.1) is 0 Å². The molecule has 21 heavy (non-hydrogen) atoms. The number of rotatable bonds is 4. The van der Waals surface area contributed by atoms with E-state index in [0.717, 1.165) is 11.1 Å². The summed E-state index contributed by atoms with van der Waals surface area (Å²) in [4.78, 5) is 13.9. The van der Waals surface area contributed by atoms with Crippen molar-refractivity contribution in [2.75, 3.05) is 7.05 Å². The molecule has 0 radical (unpaired) electrons. The fourth-order valence-corrected chi connectivity index (χ4v) is 2.34. The van der Waals surface area contributed by atoms with Gasteiger partial charge in [0.2, 0.25) is 0 Å². The second-order valence-electron chi connectivity index (χ2n) is 5.05. The Morgan fingerprint density at radius 1 is 1.14 bits per heavy atom. The number of benzene rings is 2. The predicted octanol–water partition coefficient (Wildman–Crippen LogP) is 2.82. The molecule has 2 aromatic carbocycles. The van der Waals surface area contributed by atoms with Crippen molar-refractivity contribution < 1.29 is 8.81 Å². The minimum atomic E-state index is -0.373. The summed E-state index contributed by atoms with van der Waals surface area (Å²) in [6.07, 6.45) is 0. The zero-order valence-corrected chi connectivity index (χ0v) is 11.6. The van der Waals surface area contributed by atoms with Crippen molar-refractivity contribution in [1.29, 1.82) is 0 Å². The lowest BCUT2D eigenvalue weighted by Gasteiger charge is -2.16. The fourth-order valence-electron chi connectivity index (χ4n) is 2.34. The number of hydrogen-bond donors (Lipinski definition) is 0. The Labute approximate surface area is 121 Å². The van der Waals surface area contributed by atoms with Gasteiger partial charge in [-0.2, -0.15) is 0 Å². The van der Waals surface area contributed by atoms with Crippen LogP contribution in [0, 0.1) is 5.82 Å². The summed E-state index contributed by atoms with van der Waals surface area (Å²) >= 11 is 0. The second-order valence-corrected chi connectivity index (χ2v) is 5.05. The highest BCUT2D eigenvalue weighted by Gasteiger charge is 2.10. The van der Waals surface area contributed by atoms with Crippen molar-refractivity contribution in [3.63, 3.8) is 0 Å². The van der Waals surface area contributed by atoms with Crippen LogP contribution in [0.15, 0.2) is 57.7 Å². The van der Waals surface area contributed by atoms with E-state index in [1.165, 1.54) is 12.1 Å². The first kappa shape index (κ1) is 13.6. The molecule has 0 unspecified atom stereocenters. The summed E-state index contributed by atoms with van der Waals surface area (Å²) in [6.45, 7) is 1.03. The quantitative estimate of drug-likeness (QED) is 0.740. The van der Waals surface area contributed by atoms with Crippen LogP contribution in [0.25, 0.3) is 11.1 Å². The summed E-state index contributed by atoms with van der Waals surface area (Å²) in [5.41, 5.74) is 2.34. The van der Waals surface area contributed by atoms with E-state index in [1.807, 2.05) is 30.1 Å². The van der Waals surface area contributed by atoms with Gasteiger partial charge in [0, 0.05) is 6.54 Å². The van der Waals surface area contributed by atoms with Crippen molar-refractivity contribution in [1.82, 2.24) is 9.47 Å². The topological polar surface area (TPSA) is 38.4 Å². The Balaban J connectivity index is 1.80. The molecule has 0 bridgehead atoms. The molecule has 108 valence electrons. The third-order valence-electron chi connectivity index (χ3n) is 3.32. The number of halogens is 1. The highest BCUT2D eigenvalue weighted by molar-refractivity contribution is 5.72. The highest BCUT2D eigenvalue weighted by Crippen LogP contribution is 2.13. The maximum absolute atomic E-state index is 12.9. The van der Waals surface area contributed by atoms with E-state index < -0.39 is 0 Å². The number of oxazole rings is 1. The van der Waals surface area contributed by atoms with Gasteiger partial charge in [-0.05, 0) is 36.9 Å². The molecule has 0 spiro atoms. The van der Waals surface area contributed by atoms with Gasteiger partial charge in [0.05, 0.1) is 12.2 Å². The SMILES string of the molecule is CN(Cc1ccc(F)cc1)Cn1c(=O)oc2ccccc21. The molecule has 1 heterocycles. The van der Waals surface area contributed by atoms with Gasteiger partial charge in [-0.1, -0.05) is 24.3 Å². The first-order valence-corrected chi connectivity index (χ1v) is 6.65. The Morgan fingerprint density at radius 3 is 2.62 bits per heavy atom. The zero-order chi connectivity index (χ0) is 14.8. The predicted molar refractivity (Wildman–Crippen MR) is 78.3 cm³/mol. The van der Waals surface area contributed by atoms with E-state index in [9.17, 15) is 9.18 Å². The summed E-state index contributed by atoms with van der Waals surface area (Å²) in [5.74, 6) is -0.624. The van der Waals surface area contributed by atoms with Crippen molar-refractivity contribution in [3.05, 3.63) is 70.5 Å². The van der Waals surface area contributed by atoms with Gasteiger partial charge >= 0.3 is 5.76 Å². The second kappa shape index (κ2) is 5.54. The molecule has 0 amide bonds. The fraction of sp³-hybridized carbons (Fsp3) is 0.188. The van der Waals surface area contributed by atoms with Crippen LogP contribution in [0.1, 0.15) is 5.56 Å². The standard InChI is InChI=1S/C16H15FN2O2/c1-18(10-12-6-8-13(17)9-7-12)11-19-14-4-2-3-5-15(14)21-16(19)20/h2-9H,10-11H2,1H3. The summed E-state index contributed by atoms with van der Waals surface area (Å²) in [6, 6.07) is 13.7. The van der Waals surface area contributed by atoms with Gasteiger partial charge in [-0.3, -0.25) is 9.47 Å². The molecule has 0 atom stereocenters. The van der Waals surface area contributed by atoms with Gasteiger partial charge in [0.1, 0.15) is 5.82 Å². The third-order valence-corrected chi connectivity index (χ3v) is 3.32. The molecule has 3 rings (SSSR count). The molecule has 5 heteroatoms. The van der Waals surface area contributed by atoms with E-state index in [2.05, 4.69) is 0 Å². The maximum Gasteiger partial charge on any atom is 0.421 e. The molecule has 1 aromatic heterocycles. The Kier molecular flexibility index (Phi) is 3.58. The first-order valence-electron chi connectivity index (χ1n) is 6.65. The highest BCUT2D eigenvalue weighted by atomic mass is 19.1. The van der Waals surface area contributed by atoms with E-state index in [4.69, 9.17) is 4.42 Å². The van der Waals surface area contributed by atoms with Crippen LogP contribution in [0.3, 0.4) is 0 Å². The minimum Gasteiger partial charge on any atom is -0.408 e. The smallest absolute Gasteiger partial charge is 0.408 e. The first-order chi connectivity index (χ1) is 10.1. The normalized spacial score (nSPS) is 11.4. The third kappa shape index (κ3) is 2.87. The number of fused-ring (bicyclic) bond motifs is 1. The number of nitrogens with zero attached hydrogens (tertiary/aromatic N) is 2. The van der Waals surface area contributed by atoms with Crippen LogP contribution in [0.4, 0.5) is 4.39 Å². The van der Waals surface area contributed by atoms with Crippen LogP contribution < -0.4 is 5.76 Å². The lowest BCUT2D eigenvalue weighted by atomic mass is 10.2. The van der Waals surface area contributed by atoms with Crippen LogP contribution in [-0.4, -0.2) is 16.5 Å². The molecule has 0 saturated heterocycles. The maximum atomic E-state index is 12.9. The van der Waals surface area contributed by atoms with E-state index in [0.29, 0.717) is 18.8 Å². The van der Waals surface area contributed by atoms with Gasteiger partial charge in [0.15, 0.2) is 5.58 Å². The minimum absolute atomic E-state index is 0.251. The monoisotopic (exact) mass is 286 g/mol. The molecular weight excluding hydrogens is 271 g/mol. The van der Waals surface area contributed by atoms with Crippen LogP contribution >= 0.6 is 0 Å². The largest absolute Gasteiger partial charge is 0.421 e. The number of para-hydroxylation sites is 2. The lowest BCUT2D eigenvalue weighted by Crippen LogP contribution is -2.27. The van der Waals surface area contributed by atoms with Crippen LogP contribution in [0.5, 0.6) is 0 Å². The average Bonchev–Trinajstić information content (AvgIpc) is 2.78. The van der Waals surface area contributed by atoms with Crippen molar-refractivity contribution in [2.24, 2.45) is 0 Å². The molecular formula is C16H15FN2O2. The molecule has 4 nitrogen and oxygen atoms in total. The van der Waals surface area contributed by atoms with Crippen LogP contribution in [0.2, 0.25) is 0 Å². The van der Waals surface area contributed by atoms with Gasteiger partial charge in [-0.25, -0.2) is 9.18 Å². The summed E-state index contributed by atoms with van der Waals surface area (Å²) in [5, 5.41) is 0. The van der Waals surface area contributed by atoms with Crippen LogP contribution in [-0.2, 0) is 13.2 Å². The molecule has 0 aliphatic rings. The molecule has 0 fully saturated rings. The Hall–Kier alpha value is -2.40. The Bertz CT molecular complexity index is 805. The zero-order valence-electron chi connectivity index (χ0n) is 11.6. The molecule has 0 aliphatic carbocycles. The van der Waals surface area contributed by atoms with Crippen molar-refractivity contribution in [2.45, 2.75) is 13.2 Å². The summed E-state index contributed by atoms with van der Waals surface area (Å²) in [7, 11) is 1.90. The Morgan fingerprint density at radius 2 is 1.86 bits per heavy atom. The van der Waals surface area contributed by atoms with Crippen molar-refractivity contribution in [3.8, 4) is 0 Å². The number of aromatic nitrogens is 1. The van der Waals surface area contributed by atoms with Crippen molar-refractivity contribution >= 4 is 11.1 Å². The number of hydrogen-bond acceptors (Lipinski definition) is 3. The van der Waals surface area contributed by atoms with E-state index in [-0.39, 0.29) is 11.6 Å². The molecule has 0 saturated carbocycles. The molecule has 3 aromatic rings. The average molecular weight is 286 g/mol. The van der Waals surface area contributed by atoms with Gasteiger partial charge < -0.3 is 4.42 Å². The van der Waals surface area contributed by atoms with E-state index >= 15 is 0 Å². The lowest BCUT2D eigenvalue weighted by molar-refractivity contribution is 0.253. The van der Waals surface area contributed by atoms with E-state index in [1.54, 1.807) is 22.8 Å². The summed E-state index contributed by atoms with van der Waals surface area (Å²) < 4.78 is 19.7. The molecule has 0 aliphatic heterocycles. The molecule has 0 N–H and O–H groups in total. The van der Waals surface area contributed by atoms with Gasteiger partial charge in [0.25, 0.3) is 0 Å².